The van der Waals surface area contributed by atoms with Crippen molar-refractivity contribution in [3.8, 4) is 17.1 Å². The summed E-state index contributed by atoms with van der Waals surface area (Å²) in [6.07, 6.45) is 3.05. The van der Waals surface area contributed by atoms with Crippen molar-refractivity contribution >= 4 is 22.6 Å². The second kappa shape index (κ2) is 9.79. The van der Waals surface area contributed by atoms with Gasteiger partial charge in [0.15, 0.2) is 0 Å². The number of carbonyl (C=O) groups excluding carboxylic acids is 2. The fourth-order valence-electron chi connectivity index (χ4n) is 2.93. The van der Waals surface area contributed by atoms with Gasteiger partial charge in [0.25, 0.3) is 5.91 Å². The smallest absolute Gasteiger partial charge is 0.287 e. The summed E-state index contributed by atoms with van der Waals surface area (Å²) in [7, 11) is 3.04. The summed E-state index contributed by atoms with van der Waals surface area (Å²) >= 11 is 0. The van der Waals surface area contributed by atoms with E-state index in [2.05, 4.69) is 20.3 Å². The first-order valence-corrected chi connectivity index (χ1v) is 9.43. The molecular weight excluding hydrogens is 372 g/mol. The van der Waals surface area contributed by atoms with Crippen LogP contribution in [0.3, 0.4) is 0 Å². The summed E-state index contributed by atoms with van der Waals surface area (Å²) in [6.45, 7) is 0.882. The van der Waals surface area contributed by atoms with Crippen molar-refractivity contribution in [3.05, 3.63) is 42.4 Å². The SMILES string of the molecule is CNC(=O)C(=O)CCCOCCc1ncc(-c2cc3ccccc3nc2OC)[nH]1. The summed E-state index contributed by atoms with van der Waals surface area (Å²) in [5.74, 6) is 0.337. The molecule has 1 aromatic carbocycles. The second-order valence-corrected chi connectivity index (χ2v) is 6.45. The Morgan fingerprint density at radius 3 is 2.83 bits per heavy atom. The highest BCUT2D eigenvalue weighted by molar-refractivity contribution is 6.36. The lowest BCUT2D eigenvalue weighted by molar-refractivity contribution is -0.137. The Morgan fingerprint density at radius 2 is 2.03 bits per heavy atom. The zero-order chi connectivity index (χ0) is 20.6. The number of Topliss-reactive ketones (excluding diaryl/α,β-unsaturated/α-hetero) is 1. The number of aromatic nitrogens is 3. The number of amides is 1. The number of hydrogen-bond acceptors (Lipinski definition) is 6. The van der Waals surface area contributed by atoms with Crippen molar-refractivity contribution in [2.45, 2.75) is 19.3 Å². The minimum Gasteiger partial charge on any atom is -0.480 e. The van der Waals surface area contributed by atoms with Crippen molar-refractivity contribution in [2.75, 3.05) is 27.4 Å². The van der Waals surface area contributed by atoms with Crippen molar-refractivity contribution in [3.63, 3.8) is 0 Å². The Hall–Kier alpha value is -3.26. The van der Waals surface area contributed by atoms with Crippen LogP contribution in [-0.4, -0.2) is 54.0 Å². The lowest BCUT2D eigenvalue weighted by atomic mass is 10.1. The number of imidazole rings is 1. The summed E-state index contributed by atoms with van der Waals surface area (Å²) < 4.78 is 11.0. The van der Waals surface area contributed by atoms with Gasteiger partial charge in [-0.2, -0.15) is 0 Å². The normalized spacial score (nSPS) is 10.8. The van der Waals surface area contributed by atoms with Crippen molar-refractivity contribution in [2.24, 2.45) is 0 Å². The number of carbonyl (C=O) groups is 2. The number of nitrogens with one attached hydrogen (secondary N) is 2. The summed E-state index contributed by atoms with van der Waals surface area (Å²) in [5, 5.41) is 3.34. The van der Waals surface area contributed by atoms with Gasteiger partial charge in [-0.1, -0.05) is 18.2 Å². The van der Waals surface area contributed by atoms with E-state index in [1.54, 1.807) is 13.3 Å². The molecule has 8 nitrogen and oxygen atoms in total. The molecule has 8 heteroatoms. The molecule has 0 bridgehead atoms. The quantitative estimate of drug-likeness (QED) is 0.402. The number of pyridine rings is 1. The lowest BCUT2D eigenvalue weighted by Crippen LogP contribution is -2.27. The summed E-state index contributed by atoms with van der Waals surface area (Å²) in [4.78, 5) is 34.8. The van der Waals surface area contributed by atoms with E-state index >= 15 is 0 Å². The van der Waals surface area contributed by atoms with E-state index in [1.807, 2.05) is 30.3 Å². The maximum absolute atomic E-state index is 11.4. The van der Waals surface area contributed by atoms with Crippen LogP contribution in [0.4, 0.5) is 0 Å². The van der Waals surface area contributed by atoms with Gasteiger partial charge in [-0.05, 0) is 18.6 Å². The molecule has 0 atom stereocenters. The van der Waals surface area contributed by atoms with Crippen molar-refractivity contribution in [1.82, 2.24) is 20.3 Å². The molecule has 3 rings (SSSR count). The molecule has 3 aromatic rings. The van der Waals surface area contributed by atoms with E-state index in [-0.39, 0.29) is 6.42 Å². The number of H-pyrrole nitrogens is 1. The van der Waals surface area contributed by atoms with E-state index in [9.17, 15) is 9.59 Å². The van der Waals surface area contributed by atoms with Crippen molar-refractivity contribution < 1.29 is 19.1 Å². The highest BCUT2D eigenvalue weighted by atomic mass is 16.5. The fourth-order valence-corrected chi connectivity index (χ4v) is 2.93. The molecule has 0 radical (unpaired) electrons. The van der Waals surface area contributed by atoms with Crippen LogP contribution in [0.2, 0.25) is 0 Å². The van der Waals surface area contributed by atoms with Gasteiger partial charge in [-0.15, -0.1) is 0 Å². The number of para-hydroxylation sites is 1. The van der Waals surface area contributed by atoms with Gasteiger partial charge in [-0.25, -0.2) is 9.97 Å². The number of likely N-dealkylation sites (N-methyl/N-ethyl adjacent to an activating group) is 1. The molecule has 2 heterocycles. The van der Waals surface area contributed by atoms with Crippen LogP contribution in [0.25, 0.3) is 22.2 Å². The number of rotatable bonds is 10. The number of ketones is 1. The average Bonchev–Trinajstić information content (AvgIpc) is 3.23. The Balaban J connectivity index is 1.54. The Labute approximate surface area is 168 Å². The number of aromatic amines is 1. The maximum atomic E-state index is 11.4. The van der Waals surface area contributed by atoms with Crippen LogP contribution in [0.5, 0.6) is 5.88 Å². The van der Waals surface area contributed by atoms with Crippen LogP contribution in [-0.2, 0) is 20.7 Å². The predicted octanol–water partition coefficient (Wildman–Crippen LogP) is 2.29. The first-order chi connectivity index (χ1) is 14.1. The zero-order valence-electron chi connectivity index (χ0n) is 16.5. The lowest BCUT2D eigenvalue weighted by Gasteiger charge is -2.08. The third kappa shape index (κ3) is 5.17. The number of hydrogen-bond donors (Lipinski definition) is 2. The van der Waals surface area contributed by atoms with E-state index in [4.69, 9.17) is 9.47 Å². The van der Waals surface area contributed by atoms with Crippen LogP contribution in [0.1, 0.15) is 18.7 Å². The van der Waals surface area contributed by atoms with Crippen LogP contribution in [0.15, 0.2) is 36.5 Å². The molecule has 29 heavy (non-hydrogen) atoms. The molecule has 0 fully saturated rings. The summed E-state index contributed by atoms with van der Waals surface area (Å²) in [5.41, 5.74) is 2.54. The maximum Gasteiger partial charge on any atom is 0.287 e. The van der Waals surface area contributed by atoms with Gasteiger partial charge in [-0.3, -0.25) is 9.59 Å². The molecule has 0 aliphatic rings. The molecular formula is C21H24N4O4. The highest BCUT2D eigenvalue weighted by Crippen LogP contribution is 2.30. The third-order valence-electron chi connectivity index (χ3n) is 4.46. The van der Waals surface area contributed by atoms with Gasteiger partial charge in [0.05, 0.1) is 36.7 Å². The van der Waals surface area contributed by atoms with E-state index in [0.29, 0.717) is 31.9 Å². The molecule has 2 aromatic heterocycles. The van der Waals surface area contributed by atoms with Crippen LogP contribution >= 0.6 is 0 Å². The first-order valence-electron chi connectivity index (χ1n) is 9.43. The molecule has 0 saturated heterocycles. The number of fused-ring (bicyclic) bond motifs is 1. The topological polar surface area (TPSA) is 106 Å². The Bertz CT molecular complexity index is 999. The average molecular weight is 396 g/mol. The van der Waals surface area contributed by atoms with Crippen LogP contribution in [0, 0.1) is 0 Å². The van der Waals surface area contributed by atoms with Gasteiger partial charge in [0.2, 0.25) is 11.7 Å². The standard InChI is InChI=1S/C21H24N4O4/c1-22-20(27)18(26)8-5-10-29-11-9-19-23-13-17(24-19)15-12-14-6-3-4-7-16(14)25-21(15)28-2/h3-4,6-7,12-13H,5,8-11H2,1-2H3,(H,22,27)(H,23,24). The Kier molecular flexibility index (Phi) is 6.91. The van der Waals surface area contributed by atoms with E-state index in [1.165, 1.54) is 7.05 Å². The zero-order valence-corrected chi connectivity index (χ0v) is 16.5. The minimum absolute atomic E-state index is 0.180. The molecule has 152 valence electrons. The fraction of sp³-hybridized carbons (Fsp3) is 0.333. The van der Waals surface area contributed by atoms with Gasteiger partial charge in [0, 0.05) is 31.9 Å². The summed E-state index contributed by atoms with van der Waals surface area (Å²) in [6, 6.07) is 9.89. The molecule has 0 unspecified atom stereocenters. The van der Waals surface area contributed by atoms with E-state index in [0.717, 1.165) is 28.0 Å². The largest absolute Gasteiger partial charge is 0.480 e. The van der Waals surface area contributed by atoms with E-state index < -0.39 is 11.7 Å². The van der Waals surface area contributed by atoms with Gasteiger partial charge >= 0.3 is 0 Å². The Morgan fingerprint density at radius 1 is 1.21 bits per heavy atom. The number of nitrogens with zero attached hydrogens (tertiary/aromatic N) is 2. The van der Waals surface area contributed by atoms with Gasteiger partial charge in [0.1, 0.15) is 5.82 Å². The molecule has 0 aliphatic carbocycles. The number of ether oxygens (including phenoxy) is 2. The van der Waals surface area contributed by atoms with Gasteiger partial charge < -0.3 is 19.8 Å². The predicted molar refractivity (Wildman–Crippen MR) is 109 cm³/mol. The molecule has 0 spiro atoms. The first kappa shape index (κ1) is 20.5. The second-order valence-electron chi connectivity index (χ2n) is 6.45. The number of benzene rings is 1. The molecule has 0 aliphatic heterocycles. The highest BCUT2D eigenvalue weighted by Gasteiger charge is 2.13. The molecule has 1 amide bonds. The minimum atomic E-state index is -0.563. The monoisotopic (exact) mass is 396 g/mol. The molecule has 0 saturated carbocycles. The van der Waals surface area contributed by atoms with Crippen molar-refractivity contribution in [1.29, 1.82) is 0 Å². The molecule has 2 N–H and O–H groups in total. The third-order valence-corrected chi connectivity index (χ3v) is 4.46. The van der Waals surface area contributed by atoms with Crippen LogP contribution < -0.4 is 10.1 Å². The number of methoxy groups -OCH3 is 1.